The molecule has 0 aromatic carbocycles. The lowest BCUT2D eigenvalue weighted by Crippen LogP contribution is -2.10. The number of pyridine rings is 1. The summed E-state index contributed by atoms with van der Waals surface area (Å²) < 4.78 is 38.8. The average molecular weight is 229 g/mol. The van der Waals surface area contributed by atoms with Crippen LogP contribution >= 0.6 is 0 Å². The van der Waals surface area contributed by atoms with Gasteiger partial charge in [-0.3, -0.25) is 0 Å². The minimum atomic E-state index is -4.35. The molecule has 2 rings (SSSR count). The number of nitrogens with two attached hydrogens (primary N) is 1. The number of hydrogen-bond donors (Lipinski definition) is 1. The quantitative estimate of drug-likeness (QED) is 0.815. The normalized spacial score (nSPS) is 14.3. The van der Waals surface area contributed by atoms with E-state index in [9.17, 15) is 13.2 Å². The number of rotatable bonds is 1. The highest BCUT2D eigenvalue weighted by molar-refractivity contribution is 5.42. The maximum atomic E-state index is 12.5. The Morgan fingerprint density at radius 3 is 2.62 bits per heavy atom. The van der Waals surface area contributed by atoms with E-state index in [4.69, 9.17) is 5.73 Å². The first-order chi connectivity index (χ1) is 7.39. The maximum absolute atomic E-state index is 12.5. The fourth-order valence-electron chi connectivity index (χ4n) is 1.50. The Hall–Kier alpha value is -1.56. The van der Waals surface area contributed by atoms with Crippen LogP contribution < -0.4 is 5.73 Å². The van der Waals surface area contributed by atoms with Crippen LogP contribution in [0.2, 0.25) is 0 Å². The third-order valence-electron chi connectivity index (χ3n) is 2.33. The smallest absolute Gasteiger partial charge is 0.323 e. The largest absolute Gasteiger partial charge is 0.417 e. The van der Waals surface area contributed by atoms with Gasteiger partial charge in [-0.05, 0) is 19.1 Å². The highest BCUT2D eigenvalue weighted by atomic mass is 19.4. The van der Waals surface area contributed by atoms with Crippen LogP contribution in [0.4, 0.5) is 13.2 Å². The minimum absolute atomic E-state index is 0.363. The molecule has 2 aromatic heterocycles. The van der Waals surface area contributed by atoms with E-state index in [-0.39, 0.29) is 6.04 Å². The van der Waals surface area contributed by atoms with Crippen LogP contribution in [0.3, 0.4) is 0 Å². The lowest BCUT2D eigenvalue weighted by atomic mass is 10.2. The highest BCUT2D eigenvalue weighted by Crippen LogP contribution is 2.29. The molecular weight excluding hydrogens is 219 g/mol. The summed E-state index contributed by atoms with van der Waals surface area (Å²) >= 11 is 0. The first kappa shape index (κ1) is 10.9. The van der Waals surface area contributed by atoms with Crippen molar-refractivity contribution < 1.29 is 13.2 Å². The second-order valence-electron chi connectivity index (χ2n) is 3.62. The third-order valence-corrected chi connectivity index (χ3v) is 2.33. The second kappa shape index (κ2) is 3.48. The first-order valence-electron chi connectivity index (χ1n) is 4.69. The SMILES string of the molecule is CC(N)c1cnc2ccc(C(F)(F)F)cn12. The van der Waals surface area contributed by atoms with E-state index in [1.807, 2.05) is 0 Å². The van der Waals surface area contributed by atoms with Gasteiger partial charge in [0.2, 0.25) is 0 Å². The van der Waals surface area contributed by atoms with Gasteiger partial charge in [0.25, 0.3) is 0 Å². The molecule has 0 spiro atoms. The number of aromatic nitrogens is 2. The van der Waals surface area contributed by atoms with Crippen molar-refractivity contribution in [2.45, 2.75) is 19.1 Å². The molecule has 1 unspecified atom stereocenters. The average Bonchev–Trinajstić information content (AvgIpc) is 2.58. The number of alkyl halides is 3. The first-order valence-corrected chi connectivity index (χ1v) is 4.69. The van der Waals surface area contributed by atoms with Crippen molar-refractivity contribution >= 4 is 5.65 Å². The minimum Gasteiger partial charge on any atom is -0.323 e. The van der Waals surface area contributed by atoms with Crippen LogP contribution in [0.5, 0.6) is 0 Å². The number of imidazole rings is 1. The van der Waals surface area contributed by atoms with Crippen molar-refractivity contribution in [3.05, 3.63) is 35.8 Å². The van der Waals surface area contributed by atoms with Crippen molar-refractivity contribution in [1.29, 1.82) is 0 Å². The summed E-state index contributed by atoms with van der Waals surface area (Å²) in [5.74, 6) is 0. The van der Waals surface area contributed by atoms with E-state index in [1.54, 1.807) is 6.92 Å². The predicted molar refractivity (Wildman–Crippen MR) is 52.8 cm³/mol. The van der Waals surface area contributed by atoms with Gasteiger partial charge in [0.1, 0.15) is 5.65 Å². The van der Waals surface area contributed by atoms with Crippen molar-refractivity contribution in [3.8, 4) is 0 Å². The van der Waals surface area contributed by atoms with Gasteiger partial charge < -0.3 is 10.1 Å². The fourth-order valence-corrected chi connectivity index (χ4v) is 1.50. The van der Waals surface area contributed by atoms with Crippen LogP contribution in [0, 0.1) is 0 Å². The van der Waals surface area contributed by atoms with Crippen molar-refractivity contribution in [1.82, 2.24) is 9.38 Å². The zero-order valence-electron chi connectivity index (χ0n) is 8.49. The van der Waals surface area contributed by atoms with E-state index in [2.05, 4.69) is 4.98 Å². The molecule has 0 radical (unpaired) electrons. The van der Waals surface area contributed by atoms with Gasteiger partial charge in [-0.2, -0.15) is 13.2 Å². The van der Waals surface area contributed by atoms with Gasteiger partial charge in [-0.25, -0.2) is 4.98 Å². The summed E-state index contributed by atoms with van der Waals surface area (Å²) in [7, 11) is 0. The summed E-state index contributed by atoms with van der Waals surface area (Å²) in [6.07, 6.45) is -1.85. The summed E-state index contributed by atoms with van der Waals surface area (Å²) in [5.41, 5.74) is 5.95. The Bertz CT molecular complexity index is 513. The van der Waals surface area contributed by atoms with E-state index < -0.39 is 11.7 Å². The summed E-state index contributed by atoms with van der Waals surface area (Å²) in [4.78, 5) is 3.98. The molecule has 0 aliphatic heterocycles. The molecule has 0 aliphatic carbocycles. The monoisotopic (exact) mass is 229 g/mol. The van der Waals surface area contributed by atoms with Gasteiger partial charge in [0.15, 0.2) is 0 Å². The van der Waals surface area contributed by atoms with Gasteiger partial charge in [-0.1, -0.05) is 0 Å². The third kappa shape index (κ3) is 1.76. The molecule has 1 atom stereocenters. The Balaban J connectivity index is 2.63. The van der Waals surface area contributed by atoms with Gasteiger partial charge >= 0.3 is 6.18 Å². The van der Waals surface area contributed by atoms with Gasteiger partial charge in [-0.15, -0.1) is 0 Å². The number of fused-ring (bicyclic) bond motifs is 1. The topological polar surface area (TPSA) is 43.3 Å². The van der Waals surface area contributed by atoms with Crippen molar-refractivity contribution in [3.63, 3.8) is 0 Å². The molecule has 0 saturated heterocycles. The van der Waals surface area contributed by atoms with Crippen LogP contribution in [-0.4, -0.2) is 9.38 Å². The molecule has 0 amide bonds. The highest BCUT2D eigenvalue weighted by Gasteiger charge is 2.31. The predicted octanol–water partition coefficient (Wildman–Crippen LogP) is 2.37. The Morgan fingerprint density at radius 1 is 1.38 bits per heavy atom. The molecule has 86 valence electrons. The lowest BCUT2D eigenvalue weighted by molar-refractivity contribution is -0.137. The molecule has 0 fully saturated rings. The molecule has 2 aromatic rings. The maximum Gasteiger partial charge on any atom is 0.417 e. The molecule has 0 saturated carbocycles. The summed E-state index contributed by atoms with van der Waals surface area (Å²) in [6, 6.07) is 1.97. The van der Waals surface area contributed by atoms with Crippen LogP contribution in [0.1, 0.15) is 24.2 Å². The zero-order valence-corrected chi connectivity index (χ0v) is 8.49. The summed E-state index contributed by atoms with van der Waals surface area (Å²) in [6.45, 7) is 1.70. The van der Waals surface area contributed by atoms with Crippen molar-refractivity contribution in [2.24, 2.45) is 5.73 Å². The van der Waals surface area contributed by atoms with Crippen molar-refractivity contribution in [2.75, 3.05) is 0 Å². The van der Waals surface area contributed by atoms with Crippen LogP contribution in [0.25, 0.3) is 5.65 Å². The molecule has 6 heteroatoms. The van der Waals surface area contributed by atoms with Crippen LogP contribution in [0.15, 0.2) is 24.5 Å². The number of halogens is 3. The van der Waals surface area contributed by atoms with E-state index in [0.717, 1.165) is 12.3 Å². The molecular formula is C10H10F3N3. The second-order valence-corrected chi connectivity index (χ2v) is 3.62. The number of nitrogens with zero attached hydrogens (tertiary/aromatic N) is 2. The fraction of sp³-hybridized carbons (Fsp3) is 0.300. The molecule has 3 nitrogen and oxygen atoms in total. The molecule has 2 N–H and O–H groups in total. The molecule has 0 bridgehead atoms. The Kier molecular flexibility index (Phi) is 2.38. The Morgan fingerprint density at radius 2 is 2.06 bits per heavy atom. The molecule has 0 aliphatic rings. The molecule has 2 heterocycles. The zero-order chi connectivity index (χ0) is 11.9. The van der Waals surface area contributed by atoms with Crippen LogP contribution in [-0.2, 0) is 6.18 Å². The van der Waals surface area contributed by atoms with Gasteiger partial charge in [0, 0.05) is 12.2 Å². The van der Waals surface area contributed by atoms with E-state index in [0.29, 0.717) is 11.3 Å². The lowest BCUT2D eigenvalue weighted by Gasteiger charge is -2.09. The molecule has 16 heavy (non-hydrogen) atoms. The van der Waals surface area contributed by atoms with E-state index in [1.165, 1.54) is 16.7 Å². The van der Waals surface area contributed by atoms with Gasteiger partial charge in [0.05, 0.1) is 17.5 Å². The summed E-state index contributed by atoms with van der Waals surface area (Å²) in [5, 5.41) is 0. The standard InChI is InChI=1S/C10H10F3N3/c1-6(14)8-4-15-9-3-2-7(5-16(8)9)10(11,12)13/h2-6H,14H2,1H3. The number of hydrogen-bond acceptors (Lipinski definition) is 2. The Labute approximate surface area is 89.7 Å². The van der Waals surface area contributed by atoms with E-state index >= 15 is 0 Å².